The van der Waals surface area contributed by atoms with E-state index in [1.807, 2.05) is 4.90 Å². The van der Waals surface area contributed by atoms with Crippen molar-refractivity contribution in [2.45, 2.75) is 57.0 Å². The minimum absolute atomic E-state index is 0.0315. The van der Waals surface area contributed by atoms with Crippen LogP contribution in [0.15, 0.2) is 36.8 Å². The first-order chi connectivity index (χ1) is 14.7. The van der Waals surface area contributed by atoms with Crippen molar-refractivity contribution in [2.75, 3.05) is 18.4 Å². The molecular formula is C21H29N7O2. The molecule has 1 aliphatic carbocycles. The van der Waals surface area contributed by atoms with Gasteiger partial charge in [0, 0.05) is 43.8 Å². The molecule has 0 spiro atoms. The second-order valence-electron chi connectivity index (χ2n) is 7.97. The van der Waals surface area contributed by atoms with Crippen LogP contribution >= 0.6 is 0 Å². The van der Waals surface area contributed by atoms with Gasteiger partial charge in [0.1, 0.15) is 0 Å². The average molecular weight is 412 g/mol. The first-order valence-corrected chi connectivity index (χ1v) is 10.8. The van der Waals surface area contributed by atoms with E-state index in [9.17, 15) is 9.59 Å². The molecule has 2 fully saturated rings. The molecule has 30 heavy (non-hydrogen) atoms. The quantitative estimate of drug-likeness (QED) is 0.719. The Balaban J connectivity index is 1.24. The van der Waals surface area contributed by atoms with Gasteiger partial charge < -0.3 is 20.9 Å². The van der Waals surface area contributed by atoms with Gasteiger partial charge in [-0.1, -0.05) is 19.3 Å². The van der Waals surface area contributed by atoms with Crippen LogP contribution in [0.5, 0.6) is 0 Å². The number of nitrogens with zero attached hydrogens (tertiary/aromatic N) is 4. The monoisotopic (exact) mass is 411 g/mol. The summed E-state index contributed by atoms with van der Waals surface area (Å²) in [5, 5.41) is 13.2. The summed E-state index contributed by atoms with van der Waals surface area (Å²) in [6, 6.07) is 5.47. The Bertz CT molecular complexity index is 841. The maximum atomic E-state index is 12.5. The van der Waals surface area contributed by atoms with Crippen molar-refractivity contribution in [1.29, 1.82) is 0 Å². The SMILES string of the molecule is O=C(Nc1cccnc1-n1cccn1)NC1CCN(C(=O)NC2CCCCC2)CC1. The molecule has 4 amide bonds. The number of piperidine rings is 1. The second-order valence-corrected chi connectivity index (χ2v) is 7.97. The van der Waals surface area contributed by atoms with Crippen molar-refractivity contribution in [3.63, 3.8) is 0 Å². The summed E-state index contributed by atoms with van der Waals surface area (Å²) < 4.78 is 1.61. The topological polar surface area (TPSA) is 104 Å². The van der Waals surface area contributed by atoms with Crippen LogP contribution in [-0.4, -0.2) is 56.9 Å². The molecule has 9 heteroatoms. The number of pyridine rings is 1. The average Bonchev–Trinajstić information content (AvgIpc) is 3.30. The number of rotatable bonds is 4. The fourth-order valence-corrected chi connectivity index (χ4v) is 4.15. The zero-order chi connectivity index (χ0) is 20.8. The molecule has 0 atom stereocenters. The largest absolute Gasteiger partial charge is 0.335 e. The number of aromatic nitrogens is 3. The van der Waals surface area contributed by atoms with Crippen LogP contribution in [-0.2, 0) is 0 Å². The molecule has 4 rings (SSSR count). The summed E-state index contributed by atoms with van der Waals surface area (Å²) in [5.74, 6) is 0.562. The summed E-state index contributed by atoms with van der Waals surface area (Å²) in [6.45, 7) is 1.30. The Morgan fingerprint density at radius 3 is 2.43 bits per heavy atom. The fraction of sp³-hybridized carbons (Fsp3) is 0.524. The van der Waals surface area contributed by atoms with E-state index in [0.717, 1.165) is 25.7 Å². The molecule has 3 N–H and O–H groups in total. The van der Waals surface area contributed by atoms with Crippen LogP contribution in [0, 0.1) is 0 Å². The van der Waals surface area contributed by atoms with Gasteiger partial charge in [-0.2, -0.15) is 5.10 Å². The number of urea groups is 2. The highest BCUT2D eigenvalue weighted by molar-refractivity contribution is 5.91. The second kappa shape index (κ2) is 9.60. The predicted molar refractivity (Wildman–Crippen MR) is 114 cm³/mol. The number of carbonyl (C=O) groups is 2. The minimum atomic E-state index is -0.276. The van der Waals surface area contributed by atoms with Gasteiger partial charge in [0.05, 0.1) is 5.69 Å². The number of carbonyl (C=O) groups excluding carboxylic acids is 2. The number of anilines is 1. The van der Waals surface area contributed by atoms with E-state index >= 15 is 0 Å². The highest BCUT2D eigenvalue weighted by atomic mass is 16.2. The molecule has 2 aromatic heterocycles. The Labute approximate surface area is 176 Å². The standard InChI is InChI=1S/C21H29N7O2/c29-20(26-18-8-4-11-22-19(18)28-13-5-12-23-28)24-17-9-14-27(15-10-17)21(30)25-16-6-2-1-3-7-16/h4-5,8,11-13,16-17H,1-3,6-7,9-10,14-15H2,(H,25,30)(H2,24,26,29). The third-order valence-corrected chi connectivity index (χ3v) is 5.81. The summed E-state index contributed by atoms with van der Waals surface area (Å²) in [5.41, 5.74) is 0.586. The minimum Gasteiger partial charge on any atom is -0.335 e. The highest BCUT2D eigenvalue weighted by Gasteiger charge is 2.26. The first-order valence-electron chi connectivity index (χ1n) is 10.8. The third-order valence-electron chi connectivity index (χ3n) is 5.81. The van der Waals surface area contributed by atoms with E-state index in [1.54, 1.807) is 41.5 Å². The highest BCUT2D eigenvalue weighted by Crippen LogP contribution is 2.19. The lowest BCUT2D eigenvalue weighted by atomic mass is 9.95. The van der Waals surface area contributed by atoms with Gasteiger partial charge >= 0.3 is 12.1 Å². The van der Waals surface area contributed by atoms with Gasteiger partial charge in [-0.3, -0.25) is 0 Å². The van der Waals surface area contributed by atoms with Gasteiger partial charge in [0.15, 0.2) is 5.82 Å². The molecule has 0 radical (unpaired) electrons. The zero-order valence-electron chi connectivity index (χ0n) is 17.1. The van der Waals surface area contributed by atoms with Gasteiger partial charge in [-0.15, -0.1) is 0 Å². The van der Waals surface area contributed by atoms with Crippen LogP contribution in [0.3, 0.4) is 0 Å². The van der Waals surface area contributed by atoms with Crippen LogP contribution in [0.2, 0.25) is 0 Å². The maximum absolute atomic E-state index is 12.5. The molecule has 1 saturated heterocycles. The normalized spacial score (nSPS) is 18.1. The Morgan fingerprint density at radius 2 is 1.70 bits per heavy atom. The van der Waals surface area contributed by atoms with E-state index in [4.69, 9.17) is 0 Å². The maximum Gasteiger partial charge on any atom is 0.319 e. The van der Waals surface area contributed by atoms with Crippen LogP contribution in [0.4, 0.5) is 15.3 Å². The summed E-state index contributed by atoms with van der Waals surface area (Å²) in [6.07, 6.45) is 12.4. The first kappa shape index (κ1) is 20.2. The molecule has 2 aliphatic rings. The lowest BCUT2D eigenvalue weighted by Gasteiger charge is -2.34. The third kappa shape index (κ3) is 5.08. The molecule has 1 saturated carbocycles. The van der Waals surface area contributed by atoms with Crippen LogP contribution in [0.1, 0.15) is 44.9 Å². The zero-order valence-corrected chi connectivity index (χ0v) is 17.1. The molecule has 160 valence electrons. The van der Waals surface area contributed by atoms with Crippen molar-refractivity contribution >= 4 is 17.7 Å². The van der Waals surface area contributed by atoms with Crippen LogP contribution in [0.25, 0.3) is 5.82 Å². The Kier molecular flexibility index (Phi) is 6.46. The number of hydrogen-bond acceptors (Lipinski definition) is 4. The predicted octanol–water partition coefficient (Wildman–Crippen LogP) is 2.90. The van der Waals surface area contributed by atoms with E-state index in [-0.39, 0.29) is 18.1 Å². The summed E-state index contributed by atoms with van der Waals surface area (Å²) in [4.78, 5) is 31.2. The Hall–Kier alpha value is -3.10. The molecule has 3 heterocycles. The smallest absolute Gasteiger partial charge is 0.319 e. The van der Waals surface area contributed by atoms with Crippen molar-refractivity contribution < 1.29 is 9.59 Å². The van der Waals surface area contributed by atoms with Crippen molar-refractivity contribution in [3.8, 4) is 5.82 Å². The Morgan fingerprint density at radius 1 is 0.933 bits per heavy atom. The summed E-state index contributed by atoms with van der Waals surface area (Å²) >= 11 is 0. The molecule has 0 aromatic carbocycles. The number of nitrogens with one attached hydrogen (secondary N) is 3. The summed E-state index contributed by atoms with van der Waals surface area (Å²) in [7, 11) is 0. The van der Waals surface area contributed by atoms with Crippen LogP contribution < -0.4 is 16.0 Å². The van der Waals surface area contributed by atoms with E-state index in [1.165, 1.54) is 19.3 Å². The van der Waals surface area contributed by atoms with Crippen molar-refractivity contribution in [1.82, 2.24) is 30.3 Å². The van der Waals surface area contributed by atoms with E-state index in [0.29, 0.717) is 30.6 Å². The molecule has 0 bridgehead atoms. The number of hydrogen-bond donors (Lipinski definition) is 3. The molecule has 0 unspecified atom stereocenters. The van der Waals surface area contributed by atoms with Crippen molar-refractivity contribution in [2.24, 2.45) is 0 Å². The lowest BCUT2D eigenvalue weighted by molar-refractivity contribution is 0.170. The number of likely N-dealkylation sites (tertiary alicyclic amines) is 1. The van der Waals surface area contributed by atoms with Gasteiger partial charge in [0.25, 0.3) is 0 Å². The van der Waals surface area contributed by atoms with Gasteiger partial charge in [0.2, 0.25) is 0 Å². The van der Waals surface area contributed by atoms with Gasteiger partial charge in [-0.05, 0) is 43.9 Å². The number of amides is 4. The van der Waals surface area contributed by atoms with E-state index in [2.05, 4.69) is 26.0 Å². The fourth-order valence-electron chi connectivity index (χ4n) is 4.15. The van der Waals surface area contributed by atoms with Crippen molar-refractivity contribution in [3.05, 3.63) is 36.8 Å². The van der Waals surface area contributed by atoms with E-state index < -0.39 is 0 Å². The lowest BCUT2D eigenvalue weighted by Crippen LogP contribution is -2.52. The molecule has 2 aromatic rings. The molecular weight excluding hydrogens is 382 g/mol. The molecule has 1 aliphatic heterocycles. The van der Waals surface area contributed by atoms with Gasteiger partial charge in [-0.25, -0.2) is 19.3 Å². The molecule has 9 nitrogen and oxygen atoms in total.